The molecule has 1 heterocycles. The summed E-state index contributed by atoms with van der Waals surface area (Å²) in [6, 6.07) is 9.12. The molecule has 4 heteroatoms. The lowest BCUT2D eigenvalue weighted by Gasteiger charge is -2.07. The summed E-state index contributed by atoms with van der Waals surface area (Å²) in [6.45, 7) is 2.64. The number of methoxy groups -OCH3 is 1. The summed E-state index contributed by atoms with van der Waals surface area (Å²) in [5, 5.41) is 12.8. The number of phenols is 1. The number of nitrogens with one attached hydrogen (secondary N) is 1. The molecule has 2 N–H and O–H groups in total. The lowest BCUT2D eigenvalue weighted by atomic mass is 10.2. The van der Waals surface area contributed by atoms with Gasteiger partial charge < -0.3 is 19.6 Å². The number of aromatic hydroxyl groups is 1. The molecule has 0 fully saturated rings. The smallest absolute Gasteiger partial charge is 0.160 e. The van der Waals surface area contributed by atoms with E-state index in [0.717, 1.165) is 23.6 Å². The monoisotopic (exact) mass is 247 g/mol. The summed E-state index contributed by atoms with van der Waals surface area (Å²) in [5.41, 5.74) is 0.822. The van der Waals surface area contributed by atoms with Crippen LogP contribution in [0.1, 0.15) is 18.4 Å². The van der Waals surface area contributed by atoms with Crippen LogP contribution in [0.4, 0.5) is 5.69 Å². The highest BCUT2D eigenvalue weighted by Gasteiger charge is 2.04. The molecule has 1 aromatic heterocycles. The van der Waals surface area contributed by atoms with Crippen molar-refractivity contribution in [1.29, 1.82) is 0 Å². The summed E-state index contributed by atoms with van der Waals surface area (Å²) in [6.07, 6.45) is 0.892. The summed E-state index contributed by atoms with van der Waals surface area (Å²) >= 11 is 0. The predicted molar refractivity (Wildman–Crippen MR) is 70.1 cm³/mol. The molecule has 0 unspecified atom stereocenters. The van der Waals surface area contributed by atoms with Gasteiger partial charge in [0.1, 0.15) is 11.5 Å². The highest BCUT2D eigenvalue weighted by Crippen LogP contribution is 2.28. The summed E-state index contributed by atoms with van der Waals surface area (Å²) < 4.78 is 10.6. The van der Waals surface area contributed by atoms with Gasteiger partial charge in [-0.2, -0.15) is 0 Å². The van der Waals surface area contributed by atoms with Crippen LogP contribution in [0, 0.1) is 0 Å². The summed E-state index contributed by atoms with van der Waals surface area (Å²) in [5.74, 6) is 2.44. The molecule has 4 nitrogen and oxygen atoms in total. The normalized spacial score (nSPS) is 10.3. The Morgan fingerprint density at radius 2 is 2.00 bits per heavy atom. The van der Waals surface area contributed by atoms with Crippen LogP contribution in [0.15, 0.2) is 34.7 Å². The van der Waals surface area contributed by atoms with Gasteiger partial charge in [0.25, 0.3) is 0 Å². The first kappa shape index (κ1) is 12.4. The van der Waals surface area contributed by atoms with Crippen LogP contribution < -0.4 is 10.1 Å². The van der Waals surface area contributed by atoms with Crippen molar-refractivity contribution in [3.05, 3.63) is 41.9 Å². The van der Waals surface area contributed by atoms with Gasteiger partial charge in [-0.05, 0) is 24.3 Å². The molecule has 96 valence electrons. The van der Waals surface area contributed by atoms with Crippen molar-refractivity contribution in [3.8, 4) is 11.5 Å². The maximum Gasteiger partial charge on any atom is 0.160 e. The van der Waals surface area contributed by atoms with Gasteiger partial charge >= 0.3 is 0 Å². The molecule has 1 aromatic carbocycles. The quantitative estimate of drug-likeness (QED) is 0.852. The van der Waals surface area contributed by atoms with Gasteiger partial charge in [0.05, 0.1) is 13.7 Å². The van der Waals surface area contributed by atoms with Crippen molar-refractivity contribution in [3.63, 3.8) is 0 Å². The number of ether oxygens (including phenoxy) is 1. The number of furan rings is 1. The average Bonchev–Trinajstić information content (AvgIpc) is 2.84. The van der Waals surface area contributed by atoms with E-state index in [2.05, 4.69) is 12.2 Å². The summed E-state index contributed by atoms with van der Waals surface area (Å²) in [7, 11) is 1.53. The van der Waals surface area contributed by atoms with Crippen LogP contribution >= 0.6 is 0 Å². The molecule has 0 aliphatic heterocycles. The Morgan fingerprint density at radius 3 is 2.61 bits per heavy atom. The van der Waals surface area contributed by atoms with Crippen LogP contribution in [-0.4, -0.2) is 12.2 Å². The largest absolute Gasteiger partial charge is 0.504 e. The topological polar surface area (TPSA) is 54.6 Å². The maximum absolute atomic E-state index is 9.64. The van der Waals surface area contributed by atoms with Crippen LogP contribution in [0.5, 0.6) is 11.5 Å². The molecule has 0 saturated heterocycles. The second-order valence-corrected chi connectivity index (χ2v) is 3.96. The second kappa shape index (κ2) is 5.49. The molecular weight excluding hydrogens is 230 g/mol. The molecule has 2 aromatic rings. The van der Waals surface area contributed by atoms with E-state index in [1.54, 1.807) is 12.1 Å². The average molecular weight is 247 g/mol. The van der Waals surface area contributed by atoms with Crippen molar-refractivity contribution in [2.75, 3.05) is 12.4 Å². The number of hydrogen-bond donors (Lipinski definition) is 2. The zero-order valence-electron chi connectivity index (χ0n) is 10.6. The third-order valence-electron chi connectivity index (χ3n) is 2.71. The maximum atomic E-state index is 9.64. The fourth-order valence-corrected chi connectivity index (χ4v) is 1.70. The fraction of sp³-hybridized carbons (Fsp3) is 0.286. The molecule has 0 radical (unpaired) electrons. The molecule has 0 spiro atoms. The molecule has 0 aliphatic rings. The second-order valence-electron chi connectivity index (χ2n) is 3.96. The van der Waals surface area contributed by atoms with Gasteiger partial charge in [0, 0.05) is 18.2 Å². The fourth-order valence-electron chi connectivity index (χ4n) is 1.70. The van der Waals surface area contributed by atoms with Crippen LogP contribution in [0.2, 0.25) is 0 Å². The Bertz CT molecular complexity index is 520. The molecule has 2 rings (SSSR count). The number of anilines is 1. The van der Waals surface area contributed by atoms with Gasteiger partial charge in [-0.1, -0.05) is 6.92 Å². The summed E-state index contributed by atoms with van der Waals surface area (Å²) in [4.78, 5) is 0. The first-order valence-corrected chi connectivity index (χ1v) is 5.91. The molecule has 0 atom stereocenters. The highest BCUT2D eigenvalue weighted by atomic mass is 16.5. The third-order valence-corrected chi connectivity index (χ3v) is 2.71. The van der Waals surface area contributed by atoms with E-state index in [4.69, 9.17) is 9.15 Å². The van der Waals surface area contributed by atoms with Crippen LogP contribution in [0.25, 0.3) is 0 Å². The Balaban J connectivity index is 1.99. The zero-order valence-corrected chi connectivity index (χ0v) is 10.6. The van der Waals surface area contributed by atoms with Crippen LogP contribution in [-0.2, 0) is 13.0 Å². The van der Waals surface area contributed by atoms with Crippen molar-refractivity contribution >= 4 is 5.69 Å². The third kappa shape index (κ3) is 2.77. The van der Waals surface area contributed by atoms with E-state index in [1.165, 1.54) is 7.11 Å². The van der Waals surface area contributed by atoms with Gasteiger partial charge in [0.2, 0.25) is 0 Å². The lowest BCUT2D eigenvalue weighted by Crippen LogP contribution is -1.98. The Labute approximate surface area is 106 Å². The molecule has 18 heavy (non-hydrogen) atoms. The SMILES string of the molecule is CCc1ccc(CNc2ccc(OC)c(O)c2)o1. The van der Waals surface area contributed by atoms with Crippen molar-refractivity contribution in [1.82, 2.24) is 0 Å². The number of benzene rings is 1. The predicted octanol–water partition coefficient (Wildman–Crippen LogP) is 3.17. The van der Waals surface area contributed by atoms with E-state index in [9.17, 15) is 5.11 Å². The zero-order chi connectivity index (χ0) is 13.0. The van der Waals surface area contributed by atoms with E-state index < -0.39 is 0 Å². The Morgan fingerprint density at radius 1 is 1.22 bits per heavy atom. The minimum atomic E-state index is 0.121. The van der Waals surface area contributed by atoms with E-state index in [-0.39, 0.29) is 5.75 Å². The molecule has 0 bridgehead atoms. The van der Waals surface area contributed by atoms with Crippen molar-refractivity contribution < 1.29 is 14.3 Å². The number of rotatable bonds is 5. The number of aryl methyl sites for hydroxylation is 1. The highest BCUT2D eigenvalue weighted by molar-refractivity contribution is 5.54. The molecule has 0 aliphatic carbocycles. The van der Waals surface area contributed by atoms with Gasteiger partial charge in [-0.15, -0.1) is 0 Å². The number of hydrogen-bond acceptors (Lipinski definition) is 4. The van der Waals surface area contributed by atoms with Gasteiger partial charge in [0.15, 0.2) is 11.5 Å². The van der Waals surface area contributed by atoms with Gasteiger partial charge in [-0.25, -0.2) is 0 Å². The molecular formula is C14H17NO3. The first-order chi connectivity index (χ1) is 8.72. The standard InChI is InChI=1S/C14H17NO3/c1-3-11-5-6-12(18-11)9-15-10-4-7-14(17-2)13(16)8-10/h4-8,15-16H,3,9H2,1-2H3. The first-order valence-electron chi connectivity index (χ1n) is 5.91. The minimum absolute atomic E-state index is 0.121. The van der Waals surface area contributed by atoms with Crippen LogP contribution in [0.3, 0.4) is 0 Å². The molecule has 0 amide bonds. The van der Waals surface area contributed by atoms with Crippen molar-refractivity contribution in [2.24, 2.45) is 0 Å². The Hall–Kier alpha value is -2.10. The van der Waals surface area contributed by atoms with E-state index >= 15 is 0 Å². The van der Waals surface area contributed by atoms with Crippen molar-refractivity contribution in [2.45, 2.75) is 19.9 Å². The van der Waals surface area contributed by atoms with E-state index in [1.807, 2.05) is 18.2 Å². The number of phenolic OH excluding ortho intramolecular Hbond substituents is 1. The van der Waals surface area contributed by atoms with Gasteiger partial charge in [-0.3, -0.25) is 0 Å². The lowest BCUT2D eigenvalue weighted by molar-refractivity contribution is 0.373. The van der Waals surface area contributed by atoms with E-state index in [0.29, 0.717) is 12.3 Å². The molecule has 0 saturated carbocycles. The minimum Gasteiger partial charge on any atom is -0.504 e. The Kier molecular flexibility index (Phi) is 3.77.